The van der Waals surface area contributed by atoms with E-state index >= 15 is 0 Å². The van der Waals surface area contributed by atoms with Gasteiger partial charge in [-0.05, 0) is 29.2 Å². The normalized spacial score (nSPS) is 16.8. The van der Waals surface area contributed by atoms with Crippen molar-refractivity contribution in [2.45, 2.75) is 25.4 Å². The van der Waals surface area contributed by atoms with Crippen molar-refractivity contribution in [3.8, 4) is 11.1 Å². The third kappa shape index (κ3) is 4.57. The number of amides is 2. The van der Waals surface area contributed by atoms with E-state index in [1.165, 1.54) is 12.0 Å². The van der Waals surface area contributed by atoms with Crippen LogP contribution in [0.3, 0.4) is 0 Å². The van der Waals surface area contributed by atoms with Crippen LogP contribution in [0.4, 0.5) is 4.79 Å². The smallest absolute Gasteiger partial charge is 0.407 e. The molecule has 1 aliphatic heterocycles. The Bertz CT molecular complexity index is 1020. The first kappa shape index (κ1) is 22.8. The van der Waals surface area contributed by atoms with Gasteiger partial charge in [0.1, 0.15) is 6.61 Å². The van der Waals surface area contributed by atoms with E-state index in [2.05, 4.69) is 29.6 Å². The number of carbonyl (C=O) groups excluding carboxylic acids is 2. The van der Waals surface area contributed by atoms with Crippen molar-refractivity contribution in [1.29, 1.82) is 0 Å². The lowest BCUT2D eigenvalue weighted by Gasteiger charge is -2.45. The number of benzene rings is 2. The first-order chi connectivity index (χ1) is 15.8. The summed E-state index contributed by atoms with van der Waals surface area (Å²) in [6.45, 7) is 2.29. The number of fused-ring (bicyclic) bond motifs is 3. The first-order valence-corrected chi connectivity index (χ1v) is 10.9. The fraction of sp³-hybridized carbons (Fsp3) is 0.400. The van der Waals surface area contributed by atoms with Gasteiger partial charge in [0.15, 0.2) is 0 Å². The van der Waals surface area contributed by atoms with E-state index in [0.29, 0.717) is 0 Å². The molecule has 1 saturated heterocycles. The Morgan fingerprint density at radius 2 is 1.67 bits per heavy atom. The van der Waals surface area contributed by atoms with Crippen molar-refractivity contribution in [3.63, 3.8) is 0 Å². The van der Waals surface area contributed by atoms with Crippen LogP contribution in [0.2, 0.25) is 0 Å². The van der Waals surface area contributed by atoms with Gasteiger partial charge in [-0.1, -0.05) is 48.5 Å². The van der Waals surface area contributed by atoms with Gasteiger partial charge in [-0.25, -0.2) is 4.79 Å². The van der Waals surface area contributed by atoms with Gasteiger partial charge in [0.25, 0.3) is 0 Å². The minimum absolute atomic E-state index is 0.0297. The number of carbonyl (C=O) groups is 3. The molecule has 0 saturated carbocycles. The molecule has 1 heterocycles. The lowest BCUT2D eigenvalue weighted by Crippen LogP contribution is -2.61. The number of hydrogen-bond acceptors (Lipinski definition) is 5. The predicted octanol–water partition coefficient (Wildman–Crippen LogP) is 2.86. The van der Waals surface area contributed by atoms with E-state index in [1.807, 2.05) is 24.3 Å². The fourth-order valence-electron chi connectivity index (χ4n) is 4.52. The molecule has 33 heavy (non-hydrogen) atoms. The number of alkyl carbamates (subject to hydrolysis) is 1. The van der Waals surface area contributed by atoms with E-state index in [0.717, 1.165) is 22.3 Å². The van der Waals surface area contributed by atoms with E-state index < -0.39 is 23.6 Å². The third-order valence-electron chi connectivity index (χ3n) is 6.50. The highest BCUT2D eigenvalue weighted by Gasteiger charge is 2.47. The zero-order valence-electron chi connectivity index (χ0n) is 18.7. The Morgan fingerprint density at radius 1 is 1.09 bits per heavy atom. The molecule has 1 fully saturated rings. The molecular weight excluding hydrogens is 424 g/mol. The van der Waals surface area contributed by atoms with Crippen LogP contribution >= 0.6 is 0 Å². The SMILES string of the molecule is COC(CNC(=O)OCC1c2ccccc2-c2ccccc21)CC(=O)N1CC(C)(C(=O)O)C1. The van der Waals surface area contributed by atoms with Crippen LogP contribution in [-0.2, 0) is 19.1 Å². The Hall–Kier alpha value is -3.39. The van der Waals surface area contributed by atoms with Gasteiger partial charge in [0.2, 0.25) is 5.91 Å². The topological polar surface area (TPSA) is 105 Å². The summed E-state index contributed by atoms with van der Waals surface area (Å²) in [6, 6.07) is 16.2. The monoisotopic (exact) mass is 452 g/mol. The lowest BCUT2D eigenvalue weighted by atomic mass is 9.82. The molecule has 0 aromatic heterocycles. The summed E-state index contributed by atoms with van der Waals surface area (Å²) in [5, 5.41) is 11.8. The second-order valence-corrected chi connectivity index (χ2v) is 8.88. The summed E-state index contributed by atoms with van der Waals surface area (Å²) < 4.78 is 10.8. The fourth-order valence-corrected chi connectivity index (χ4v) is 4.52. The molecule has 2 amide bonds. The summed E-state index contributed by atoms with van der Waals surface area (Å²) in [4.78, 5) is 37.4. The average Bonchev–Trinajstić information content (AvgIpc) is 3.11. The quantitative estimate of drug-likeness (QED) is 0.638. The van der Waals surface area contributed by atoms with Crippen LogP contribution in [0, 0.1) is 5.41 Å². The molecule has 0 spiro atoms. The van der Waals surface area contributed by atoms with Gasteiger partial charge in [0.05, 0.1) is 17.9 Å². The maximum atomic E-state index is 12.4. The summed E-state index contributed by atoms with van der Waals surface area (Å²) >= 11 is 0. The molecule has 8 heteroatoms. The Kier molecular flexibility index (Phi) is 6.37. The molecule has 1 unspecified atom stereocenters. The molecule has 0 radical (unpaired) electrons. The van der Waals surface area contributed by atoms with Crippen molar-refractivity contribution >= 4 is 18.0 Å². The van der Waals surface area contributed by atoms with Gasteiger partial charge in [-0.15, -0.1) is 0 Å². The first-order valence-electron chi connectivity index (χ1n) is 10.9. The van der Waals surface area contributed by atoms with Gasteiger partial charge < -0.3 is 24.8 Å². The largest absolute Gasteiger partial charge is 0.481 e. The lowest BCUT2D eigenvalue weighted by molar-refractivity contribution is -0.164. The number of carboxylic acids is 1. The maximum absolute atomic E-state index is 12.4. The summed E-state index contributed by atoms with van der Waals surface area (Å²) in [5.74, 6) is -1.14. The van der Waals surface area contributed by atoms with Crippen molar-refractivity contribution in [2.75, 3.05) is 33.4 Å². The van der Waals surface area contributed by atoms with Crippen LogP contribution in [0.25, 0.3) is 11.1 Å². The number of rotatable bonds is 8. The number of ether oxygens (including phenoxy) is 2. The van der Waals surface area contributed by atoms with Crippen LogP contribution < -0.4 is 5.32 Å². The van der Waals surface area contributed by atoms with Crippen molar-refractivity contribution in [1.82, 2.24) is 10.2 Å². The van der Waals surface area contributed by atoms with Gasteiger partial charge >= 0.3 is 12.1 Å². The van der Waals surface area contributed by atoms with E-state index in [1.54, 1.807) is 6.92 Å². The van der Waals surface area contributed by atoms with Gasteiger partial charge in [-0.2, -0.15) is 0 Å². The molecule has 2 aliphatic rings. The molecule has 2 N–H and O–H groups in total. The third-order valence-corrected chi connectivity index (χ3v) is 6.50. The van der Waals surface area contributed by atoms with Crippen LogP contribution in [0.15, 0.2) is 48.5 Å². The molecule has 1 atom stereocenters. The number of aliphatic carboxylic acids is 1. The summed E-state index contributed by atoms with van der Waals surface area (Å²) in [6.07, 6.45) is -1.06. The molecule has 0 bridgehead atoms. The Labute approximate surface area is 192 Å². The predicted molar refractivity (Wildman–Crippen MR) is 121 cm³/mol. The molecule has 8 nitrogen and oxygen atoms in total. The standard InChI is InChI=1S/C25H28N2O6/c1-25(23(29)30)14-27(15-25)22(28)11-16(32-2)12-26-24(31)33-13-21-19-9-5-3-7-17(19)18-8-4-6-10-20(18)21/h3-10,16,21H,11-15H2,1-2H3,(H,26,31)(H,29,30). The minimum atomic E-state index is -0.910. The van der Waals surface area contributed by atoms with Crippen molar-refractivity contribution in [3.05, 3.63) is 59.7 Å². The zero-order chi connectivity index (χ0) is 23.6. The number of carboxylic acid groups (broad SMARTS) is 1. The van der Waals surface area contributed by atoms with Gasteiger partial charge in [-0.3, -0.25) is 9.59 Å². The van der Waals surface area contributed by atoms with Crippen LogP contribution in [0.5, 0.6) is 0 Å². The molecular formula is C25H28N2O6. The second kappa shape index (κ2) is 9.23. The molecule has 2 aromatic carbocycles. The highest BCUT2D eigenvalue weighted by molar-refractivity contribution is 5.83. The highest BCUT2D eigenvalue weighted by atomic mass is 16.5. The second-order valence-electron chi connectivity index (χ2n) is 8.88. The number of hydrogen-bond donors (Lipinski definition) is 2. The zero-order valence-corrected chi connectivity index (χ0v) is 18.7. The highest BCUT2D eigenvalue weighted by Crippen LogP contribution is 2.44. The number of nitrogens with one attached hydrogen (secondary N) is 1. The minimum Gasteiger partial charge on any atom is -0.481 e. The van der Waals surface area contributed by atoms with E-state index in [-0.39, 0.29) is 44.5 Å². The van der Waals surface area contributed by atoms with Crippen LogP contribution in [-0.4, -0.2) is 67.4 Å². The van der Waals surface area contributed by atoms with E-state index in [9.17, 15) is 19.5 Å². The summed E-state index contributed by atoms with van der Waals surface area (Å²) in [7, 11) is 1.47. The molecule has 174 valence electrons. The van der Waals surface area contributed by atoms with Crippen LogP contribution in [0.1, 0.15) is 30.4 Å². The Morgan fingerprint density at radius 3 is 2.21 bits per heavy atom. The number of nitrogens with zero attached hydrogens (tertiary/aromatic N) is 1. The molecule has 2 aromatic rings. The van der Waals surface area contributed by atoms with E-state index in [4.69, 9.17) is 9.47 Å². The van der Waals surface area contributed by atoms with Crippen molar-refractivity contribution in [2.24, 2.45) is 5.41 Å². The Balaban J connectivity index is 1.26. The van der Waals surface area contributed by atoms with Crippen molar-refractivity contribution < 1.29 is 29.0 Å². The maximum Gasteiger partial charge on any atom is 0.407 e. The average molecular weight is 453 g/mol. The van der Waals surface area contributed by atoms with Gasteiger partial charge in [0, 0.05) is 32.7 Å². The molecule has 1 aliphatic carbocycles. The molecule has 4 rings (SSSR count). The number of likely N-dealkylation sites (tertiary alicyclic amines) is 1. The summed E-state index contributed by atoms with van der Waals surface area (Å²) in [5.41, 5.74) is 3.69. The number of methoxy groups -OCH3 is 1.